The van der Waals surface area contributed by atoms with Crippen LogP contribution in [0.3, 0.4) is 0 Å². The number of nitrogens with two attached hydrogens (primary N) is 1. The van der Waals surface area contributed by atoms with E-state index in [0.717, 1.165) is 9.37 Å². The third kappa shape index (κ3) is 4.75. The van der Waals surface area contributed by atoms with Gasteiger partial charge in [0.1, 0.15) is 5.82 Å². The van der Waals surface area contributed by atoms with E-state index in [1.54, 1.807) is 30.3 Å². The number of hydrogen-bond acceptors (Lipinski definition) is 3. The number of nitrogens with one attached hydrogen (secondary N) is 1. The van der Waals surface area contributed by atoms with E-state index < -0.39 is 0 Å². The predicted molar refractivity (Wildman–Crippen MR) is 87.5 cm³/mol. The first kappa shape index (κ1) is 15.9. The molecule has 2 rings (SSSR count). The molecular formula is C15H14BrFN2OS. The van der Waals surface area contributed by atoms with E-state index in [2.05, 4.69) is 21.2 Å². The van der Waals surface area contributed by atoms with Gasteiger partial charge in [-0.1, -0.05) is 18.2 Å². The number of nitrogen functional groups attached to an aromatic ring is 1. The molecule has 6 heteroatoms. The Kier molecular flexibility index (Phi) is 5.64. The molecule has 0 aliphatic rings. The molecule has 0 radical (unpaired) electrons. The van der Waals surface area contributed by atoms with Crippen molar-refractivity contribution in [2.45, 2.75) is 11.4 Å². The zero-order valence-corrected chi connectivity index (χ0v) is 13.5. The van der Waals surface area contributed by atoms with E-state index in [9.17, 15) is 9.18 Å². The lowest BCUT2D eigenvalue weighted by molar-refractivity contribution is -0.118. The molecule has 110 valence electrons. The van der Waals surface area contributed by atoms with Crippen molar-refractivity contribution in [1.82, 2.24) is 5.32 Å². The molecule has 0 spiro atoms. The lowest BCUT2D eigenvalue weighted by Gasteiger charge is -2.07. The molecule has 2 aromatic rings. The predicted octanol–water partition coefficient (Wildman–Crippen LogP) is 3.58. The Labute approximate surface area is 135 Å². The smallest absolute Gasteiger partial charge is 0.230 e. The zero-order valence-electron chi connectivity index (χ0n) is 11.1. The number of amides is 1. The molecule has 0 unspecified atom stereocenters. The maximum Gasteiger partial charge on any atom is 0.230 e. The monoisotopic (exact) mass is 368 g/mol. The maximum absolute atomic E-state index is 13.4. The van der Waals surface area contributed by atoms with Crippen molar-refractivity contribution in [3.63, 3.8) is 0 Å². The second-order valence-electron chi connectivity index (χ2n) is 4.35. The molecule has 0 atom stereocenters. The quantitative estimate of drug-likeness (QED) is 0.626. The highest BCUT2D eigenvalue weighted by Crippen LogP contribution is 2.28. The van der Waals surface area contributed by atoms with Gasteiger partial charge in [-0.15, -0.1) is 11.8 Å². The van der Waals surface area contributed by atoms with E-state index in [4.69, 9.17) is 5.73 Å². The van der Waals surface area contributed by atoms with Gasteiger partial charge >= 0.3 is 0 Å². The Morgan fingerprint density at radius 1 is 1.29 bits per heavy atom. The highest BCUT2D eigenvalue weighted by atomic mass is 79.9. The van der Waals surface area contributed by atoms with Crippen LogP contribution in [0, 0.1) is 5.82 Å². The van der Waals surface area contributed by atoms with E-state index in [0.29, 0.717) is 11.3 Å². The average molecular weight is 369 g/mol. The molecule has 0 bridgehead atoms. The van der Waals surface area contributed by atoms with Crippen molar-refractivity contribution in [1.29, 1.82) is 0 Å². The molecule has 21 heavy (non-hydrogen) atoms. The minimum Gasteiger partial charge on any atom is -0.399 e. The lowest BCUT2D eigenvalue weighted by Crippen LogP contribution is -2.25. The van der Waals surface area contributed by atoms with Crippen LogP contribution in [-0.2, 0) is 11.3 Å². The van der Waals surface area contributed by atoms with Crippen LogP contribution >= 0.6 is 27.7 Å². The second-order valence-corrected chi connectivity index (χ2v) is 6.22. The number of anilines is 1. The number of halogens is 2. The van der Waals surface area contributed by atoms with E-state index in [1.807, 2.05) is 6.07 Å². The van der Waals surface area contributed by atoms with Crippen molar-refractivity contribution in [3.05, 3.63) is 58.3 Å². The topological polar surface area (TPSA) is 55.1 Å². The van der Waals surface area contributed by atoms with Crippen LogP contribution < -0.4 is 11.1 Å². The van der Waals surface area contributed by atoms with Gasteiger partial charge in [0.15, 0.2) is 0 Å². The molecule has 3 N–H and O–H groups in total. The number of hydrogen-bond donors (Lipinski definition) is 2. The average Bonchev–Trinajstić information content (AvgIpc) is 2.45. The molecule has 0 aromatic heterocycles. The van der Waals surface area contributed by atoms with Gasteiger partial charge in [0.25, 0.3) is 0 Å². The summed E-state index contributed by atoms with van der Waals surface area (Å²) in [6.07, 6.45) is 0. The Bertz CT molecular complexity index is 651. The van der Waals surface area contributed by atoms with Crippen LogP contribution in [0.1, 0.15) is 5.56 Å². The van der Waals surface area contributed by atoms with Crippen LogP contribution in [0.5, 0.6) is 0 Å². The summed E-state index contributed by atoms with van der Waals surface area (Å²) >= 11 is 4.80. The molecule has 0 fully saturated rings. The molecule has 0 saturated carbocycles. The fraction of sp³-hybridized carbons (Fsp3) is 0.133. The van der Waals surface area contributed by atoms with Gasteiger partial charge in [0.2, 0.25) is 5.91 Å². The summed E-state index contributed by atoms with van der Waals surface area (Å²) in [6.45, 7) is 0.189. The molecule has 0 aliphatic heterocycles. The molecule has 0 saturated heterocycles. The maximum atomic E-state index is 13.4. The molecule has 1 amide bonds. The Hall–Kier alpha value is -1.53. The first-order chi connectivity index (χ1) is 10.1. The first-order valence-corrected chi connectivity index (χ1v) is 8.02. The summed E-state index contributed by atoms with van der Waals surface area (Å²) in [5.41, 5.74) is 6.79. The summed E-state index contributed by atoms with van der Waals surface area (Å²) in [4.78, 5) is 12.7. The number of thioether (sulfide) groups is 1. The van der Waals surface area contributed by atoms with Crippen LogP contribution in [0.2, 0.25) is 0 Å². The van der Waals surface area contributed by atoms with Crippen molar-refractivity contribution in [2.24, 2.45) is 0 Å². The second kappa shape index (κ2) is 7.47. The highest BCUT2D eigenvalue weighted by Gasteiger charge is 2.07. The Balaban J connectivity index is 1.84. The molecule has 0 heterocycles. The molecular weight excluding hydrogens is 355 g/mol. The normalized spacial score (nSPS) is 10.4. The van der Waals surface area contributed by atoms with Crippen LogP contribution in [0.4, 0.5) is 10.1 Å². The minimum absolute atomic E-state index is 0.146. The van der Waals surface area contributed by atoms with Crippen LogP contribution in [0.25, 0.3) is 0 Å². The van der Waals surface area contributed by atoms with Crippen molar-refractivity contribution in [3.8, 4) is 0 Å². The van der Waals surface area contributed by atoms with Crippen molar-refractivity contribution in [2.75, 3.05) is 11.5 Å². The van der Waals surface area contributed by atoms with Gasteiger partial charge in [0, 0.05) is 27.2 Å². The third-order valence-electron chi connectivity index (χ3n) is 2.75. The Morgan fingerprint density at radius 3 is 2.76 bits per heavy atom. The largest absolute Gasteiger partial charge is 0.399 e. The molecule has 0 aliphatic carbocycles. The fourth-order valence-electron chi connectivity index (χ4n) is 1.66. The summed E-state index contributed by atoms with van der Waals surface area (Å²) < 4.78 is 14.3. The SMILES string of the molecule is Nc1ccc(SCC(=O)NCc2ccccc2F)c(Br)c1. The molecule has 3 nitrogen and oxygen atoms in total. The lowest BCUT2D eigenvalue weighted by atomic mass is 10.2. The molecule has 2 aromatic carbocycles. The number of carbonyl (C=O) groups excluding carboxylic acids is 1. The van der Waals surface area contributed by atoms with E-state index in [-0.39, 0.29) is 24.0 Å². The number of carbonyl (C=O) groups is 1. The third-order valence-corrected chi connectivity index (χ3v) is 4.74. The van der Waals surface area contributed by atoms with Crippen molar-refractivity contribution < 1.29 is 9.18 Å². The van der Waals surface area contributed by atoms with Gasteiger partial charge in [0.05, 0.1) is 5.75 Å². The summed E-state index contributed by atoms with van der Waals surface area (Å²) in [6, 6.07) is 11.8. The summed E-state index contributed by atoms with van der Waals surface area (Å²) in [7, 11) is 0. The number of rotatable bonds is 5. The standard InChI is InChI=1S/C15H14BrFN2OS/c16-12-7-11(18)5-6-14(12)21-9-15(20)19-8-10-3-1-2-4-13(10)17/h1-7H,8-9,18H2,(H,19,20). The van der Waals surface area contributed by atoms with E-state index >= 15 is 0 Å². The Morgan fingerprint density at radius 2 is 2.05 bits per heavy atom. The minimum atomic E-state index is -0.313. The van der Waals surface area contributed by atoms with Gasteiger partial charge in [-0.3, -0.25) is 4.79 Å². The highest BCUT2D eigenvalue weighted by molar-refractivity contribution is 9.10. The van der Waals surface area contributed by atoms with Gasteiger partial charge in [-0.2, -0.15) is 0 Å². The summed E-state index contributed by atoms with van der Waals surface area (Å²) in [5, 5.41) is 2.70. The zero-order chi connectivity index (χ0) is 15.2. The van der Waals surface area contributed by atoms with Gasteiger partial charge in [-0.25, -0.2) is 4.39 Å². The van der Waals surface area contributed by atoms with Crippen LogP contribution in [-0.4, -0.2) is 11.7 Å². The van der Waals surface area contributed by atoms with Gasteiger partial charge in [-0.05, 0) is 40.2 Å². The summed E-state index contributed by atoms with van der Waals surface area (Å²) in [5.74, 6) is -0.199. The fourth-order valence-corrected chi connectivity index (χ4v) is 3.15. The van der Waals surface area contributed by atoms with Crippen molar-refractivity contribution >= 4 is 39.3 Å². The van der Waals surface area contributed by atoms with Crippen LogP contribution in [0.15, 0.2) is 51.8 Å². The number of benzene rings is 2. The first-order valence-electron chi connectivity index (χ1n) is 6.24. The van der Waals surface area contributed by atoms with Gasteiger partial charge < -0.3 is 11.1 Å². The van der Waals surface area contributed by atoms with E-state index in [1.165, 1.54) is 17.8 Å².